The molecule has 0 atom stereocenters. The van der Waals surface area contributed by atoms with Crippen LogP contribution in [-0.4, -0.2) is 91.6 Å². The number of esters is 3. The number of amides is 3. The Bertz CT molecular complexity index is 4100. The lowest BCUT2D eigenvalue weighted by molar-refractivity contribution is -0.189. The number of halogens is 4. The number of nitrogens with one attached hydrogen (secondary N) is 5. The molecular formula is C72H71ClF3N7O13. The van der Waals surface area contributed by atoms with Crippen LogP contribution in [0.3, 0.4) is 0 Å². The van der Waals surface area contributed by atoms with E-state index in [0.29, 0.717) is 59.2 Å². The maximum Gasteiger partial charge on any atom is 0.491 e. The normalized spacial score (nSPS) is 10.7. The van der Waals surface area contributed by atoms with E-state index in [2.05, 4.69) is 41.0 Å². The molecule has 0 fully saturated rings. The van der Waals surface area contributed by atoms with Crippen molar-refractivity contribution in [2.45, 2.75) is 60.6 Å². The lowest BCUT2D eigenvalue weighted by atomic mass is 10.0. The summed E-state index contributed by atoms with van der Waals surface area (Å²) in [6, 6.07) is 54.1. The topological polar surface area (TPSA) is 253 Å². The SMILES string of the molecule is CC(=O)O/C(=C\C(=O)Nc1ccccc1)Nc1ccccc1.CC(=O)n1c(-c2ccccc2)cnc1-c1ccccc1.CCc1ccc(NCOC)c(OC(C)=O)c1Cl.COC(=O)Nc1cccc2c(OC(=O)C(F)(F)F)c(C(=O)NCCCOc3ccc(C)cc3C)ccc12. The summed E-state index contributed by atoms with van der Waals surface area (Å²) in [7, 11) is 2.72. The lowest BCUT2D eigenvalue weighted by Crippen LogP contribution is -2.30. The second-order valence-corrected chi connectivity index (χ2v) is 20.9. The summed E-state index contributed by atoms with van der Waals surface area (Å²) in [4.78, 5) is 86.8. The van der Waals surface area contributed by atoms with Crippen LogP contribution in [-0.2, 0) is 39.8 Å². The lowest BCUT2D eigenvalue weighted by Gasteiger charge is -2.16. The van der Waals surface area contributed by atoms with Crippen LogP contribution >= 0.6 is 11.6 Å². The molecule has 24 heteroatoms. The summed E-state index contributed by atoms with van der Waals surface area (Å²) in [5.41, 5.74) is 7.65. The monoisotopic (exact) mass is 1330 g/mol. The van der Waals surface area contributed by atoms with Gasteiger partial charge in [0.15, 0.2) is 11.5 Å². The van der Waals surface area contributed by atoms with E-state index in [-0.39, 0.29) is 40.4 Å². The van der Waals surface area contributed by atoms with E-state index in [1.807, 2.05) is 148 Å². The number of imidazole rings is 1. The molecule has 3 amide bonds. The largest absolute Gasteiger partial charge is 0.493 e. The molecule has 0 spiro atoms. The second kappa shape index (κ2) is 36.8. The molecule has 0 aliphatic carbocycles. The van der Waals surface area contributed by atoms with Crippen molar-refractivity contribution in [3.8, 4) is 39.9 Å². The number of para-hydroxylation sites is 2. The van der Waals surface area contributed by atoms with Gasteiger partial charge in [0.05, 0.1) is 53.6 Å². The van der Waals surface area contributed by atoms with Gasteiger partial charge >= 0.3 is 30.2 Å². The zero-order valence-corrected chi connectivity index (χ0v) is 54.5. The number of carbonyl (C=O) groups excluding carboxylic acids is 7. The fourth-order valence-electron chi connectivity index (χ4n) is 8.96. The molecule has 500 valence electrons. The molecule has 0 radical (unpaired) electrons. The second-order valence-electron chi connectivity index (χ2n) is 20.5. The zero-order chi connectivity index (χ0) is 69.7. The summed E-state index contributed by atoms with van der Waals surface area (Å²) in [6.07, 6.45) is -1.97. The highest BCUT2D eigenvalue weighted by molar-refractivity contribution is 6.33. The van der Waals surface area contributed by atoms with Gasteiger partial charge in [0.1, 0.15) is 18.3 Å². The first-order valence-corrected chi connectivity index (χ1v) is 30.1. The third-order valence-corrected chi connectivity index (χ3v) is 13.7. The Morgan fingerprint density at radius 2 is 1.27 bits per heavy atom. The number of rotatable bonds is 20. The van der Waals surface area contributed by atoms with Crippen molar-refractivity contribution in [1.29, 1.82) is 0 Å². The van der Waals surface area contributed by atoms with Crippen LogP contribution in [0.15, 0.2) is 200 Å². The van der Waals surface area contributed by atoms with E-state index in [1.165, 1.54) is 50.3 Å². The van der Waals surface area contributed by atoms with Gasteiger partial charge in [-0.05, 0) is 86.3 Å². The summed E-state index contributed by atoms with van der Waals surface area (Å²) in [6.45, 7) is 10.8. The quantitative estimate of drug-likeness (QED) is 0.0119. The highest BCUT2D eigenvalue weighted by Gasteiger charge is 2.42. The van der Waals surface area contributed by atoms with Gasteiger partial charge in [-0.2, -0.15) is 13.2 Å². The predicted molar refractivity (Wildman–Crippen MR) is 362 cm³/mol. The van der Waals surface area contributed by atoms with E-state index in [1.54, 1.807) is 49.1 Å². The van der Waals surface area contributed by atoms with Crippen molar-refractivity contribution in [2.24, 2.45) is 0 Å². The van der Waals surface area contributed by atoms with E-state index in [9.17, 15) is 46.7 Å². The molecule has 0 bridgehead atoms. The van der Waals surface area contributed by atoms with Crippen LogP contribution in [0.25, 0.3) is 33.4 Å². The maximum absolute atomic E-state index is 13.0. The van der Waals surface area contributed by atoms with Gasteiger partial charge in [-0.1, -0.05) is 158 Å². The Kier molecular flexibility index (Phi) is 28.3. The summed E-state index contributed by atoms with van der Waals surface area (Å²) in [5, 5.41) is 14.3. The van der Waals surface area contributed by atoms with Crippen LogP contribution in [0.4, 0.5) is 40.7 Å². The Morgan fingerprint density at radius 3 is 1.84 bits per heavy atom. The molecule has 8 aromatic carbocycles. The van der Waals surface area contributed by atoms with Gasteiger partial charge in [0, 0.05) is 67.7 Å². The van der Waals surface area contributed by atoms with Crippen molar-refractivity contribution in [3.63, 3.8) is 0 Å². The first-order chi connectivity index (χ1) is 46.0. The number of alkyl halides is 3. The number of hydrogen-bond donors (Lipinski definition) is 5. The third kappa shape index (κ3) is 22.5. The Hall–Kier alpha value is -11.3. The molecule has 5 N–H and O–H groups in total. The average molecular weight is 1330 g/mol. The standard InChI is InChI=1S/C26H25F3N2O6.C17H16N2O3.C17H14N2O.C12H16ClNO3/c1-15-8-11-21(16(2)14-15)36-13-5-12-30-23(32)19-10-9-17-18(22(19)37-24(33)26(27,28)29)6-4-7-20(17)31-25(34)35-3;1-13(20)22-17(19-15-10-6-3-7-11-15)12-16(21)18-14-8-4-2-5-9-14;1-13(20)19-16(14-8-4-2-5-9-14)12-18-17(19)15-10-6-3-7-11-15;1-4-9-5-6-10(14-7-16-3)12(11(9)13)17-8(2)15/h4,6-11,14H,5,12-13H2,1-3H3,(H,30,32)(H,31,34);2-12,19H,1H3,(H,18,21);2-12H,1H3;5-6,14H,4,7H2,1-3H3/b;17-12-;;. The van der Waals surface area contributed by atoms with E-state index < -0.39 is 47.7 Å². The number of ether oxygens (including phenoxy) is 6. The first kappa shape index (κ1) is 73.7. The summed E-state index contributed by atoms with van der Waals surface area (Å²) in [5.74, 6) is -3.36. The number of aromatic nitrogens is 2. The molecule has 0 aliphatic rings. The number of nitrogens with zero attached hydrogens (tertiary/aromatic N) is 2. The summed E-state index contributed by atoms with van der Waals surface area (Å²) >= 11 is 6.18. The molecule has 9 rings (SSSR count). The molecule has 96 heavy (non-hydrogen) atoms. The van der Waals surface area contributed by atoms with Gasteiger partial charge < -0.3 is 49.7 Å². The van der Waals surface area contributed by atoms with Crippen LogP contribution < -0.4 is 40.8 Å². The van der Waals surface area contributed by atoms with Gasteiger partial charge in [-0.3, -0.25) is 33.9 Å². The first-order valence-electron chi connectivity index (χ1n) is 29.7. The number of hydrogen-bond acceptors (Lipinski definition) is 16. The minimum Gasteiger partial charge on any atom is -0.493 e. The fourth-order valence-corrected chi connectivity index (χ4v) is 9.29. The van der Waals surface area contributed by atoms with Crippen molar-refractivity contribution < 1.29 is 75.2 Å². The Balaban J connectivity index is 0.000000213. The van der Waals surface area contributed by atoms with E-state index in [0.717, 1.165) is 47.0 Å². The average Bonchev–Trinajstić information content (AvgIpc) is 1.36. The number of carbonyl (C=O) groups is 7. The molecule has 0 saturated heterocycles. The molecule has 0 saturated carbocycles. The van der Waals surface area contributed by atoms with Crippen molar-refractivity contribution in [2.75, 3.05) is 55.4 Å². The maximum atomic E-state index is 13.0. The van der Waals surface area contributed by atoms with Crippen molar-refractivity contribution in [3.05, 3.63) is 227 Å². The molecule has 20 nitrogen and oxygen atoms in total. The molecule has 9 aromatic rings. The number of aryl methyl sites for hydroxylation is 3. The Labute approximate surface area is 557 Å². The van der Waals surface area contributed by atoms with E-state index in [4.69, 9.17) is 30.5 Å². The van der Waals surface area contributed by atoms with Crippen LogP contribution in [0.1, 0.15) is 66.0 Å². The van der Waals surface area contributed by atoms with Crippen molar-refractivity contribution in [1.82, 2.24) is 14.9 Å². The zero-order valence-electron chi connectivity index (χ0n) is 53.7. The van der Waals surface area contributed by atoms with Gasteiger partial charge in [-0.15, -0.1) is 0 Å². The fraction of sp³-hybridized carbons (Fsp3) is 0.194. The molecule has 0 aliphatic heterocycles. The smallest absolute Gasteiger partial charge is 0.491 e. The minimum absolute atomic E-state index is 0.0114. The molecule has 1 heterocycles. The van der Waals surface area contributed by atoms with Crippen molar-refractivity contribution >= 4 is 86.8 Å². The van der Waals surface area contributed by atoms with Gasteiger partial charge in [0.25, 0.3) is 11.8 Å². The number of anilines is 4. The highest BCUT2D eigenvalue weighted by Crippen LogP contribution is 2.38. The molecular weight excluding hydrogens is 1260 g/mol. The van der Waals surface area contributed by atoms with Crippen LogP contribution in [0.2, 0.25) is 5.02 Å². The van der Waals surface area contributed by atoms with Crippen LogP contribution in [0, 0.1) is 13.8 Å². The minimum atomic E-state index is -5.29. The van der Waals surface area contributed by atoms with Gasteiger partial charge in [-0.25, -0.2) is 14.6 Å². The highest BCUT2D eigenvalue weighted by atomic mass is 35.5. The van der Waals surface area contributed by atoms with E-state index >= 15 is 0 Å². The van der Waals surface area contributed by atoms with Crippen LogP contribution in [0.5, 0.6) is 17.2 Å². The third-order valence-electron chi connectivity index (χ3n) is 13.3. The van der Waals surface area contributed by atoms with Gasteiger partial charge in [0.2, 0.25) is 11.8 Å². The molecule has 1 aromatic heterocycles. The summed E-state index contributed by atoms with van der Waals surface area (Å²) < 4.78 is 70.6. The number of fused-ring (bicyclic) bond motifs is 1. The number of methoxy groups -OCH3 is 2. The number of benzene rings is 8. The predicted octanol–water partition coefficient (Wildman–Crippen LogP) is 15.2. The Morgan fingerprint density at radius 1 is 0.646 bits per heavy atom. The molecule has 0 unspecified atom stereocenters.